The highest BCUT2D eigenvalue weighted by molar-refractivity contribution is 7.22. The summed E-state index contributed by atoms with van der Waals surface area (Å²) in [5.41, 5.74) is 10.3. The van der Waals surface area contributed by atoms with E-state index >= 15 is 0 Å². The first-order valence-corrected chi connectivity index (χ1v) is 2.55. The van der Waals surface area contributed by atoms with Crippen LogP contribution in [0.15, 0.2) is 11.3 Å². The number of nitrogens with two attached hydrogens (primary N) is 2. The van der Waals surface area contributed by atoms with Crippen LogP contribution in [0, 0.1) is 5.21 Å². The molecule has 0 aromatic rings. The van der Waals surface area contributed by atoms with Crippen LogP contribution in [0.3, 0.4) is 0 Å². The highest BCUT2D eigenvalue weighted by atomic mass is 31.0. The Labute approximate surface area is 50.3 Å². The number of hydrogen-bond acceptors (Lipinski definition) is 4. The smallest absolute Gasteiger partial charge is 0.116 e. The maximum Gasteiger partial charge on any atom is 0.116 e. The van der Waals surface area contributed by atoms with Gasteiger partial charge in [-0.25, -0.2) is 0 Å². The van der Waals surface area contributed by atoms with Crippen molar-refractivity contribution in [2.45, 2.75) is 0 Å². The zero-order chi connectivity index (χ0) is 6.73. The van der Waals surface area contributed by atoms with Crippen molar-refractivity contribution in [2.75, 3.05) is 7.05 Å². The predicted octanol–water partition coefficient (Wildman–Crippen LogP) is -0.665. The molecule has 4 N–H and O–H groups in total. The van der Waals surface area contributed by atoms with Gasteiger partial charge in [-0.3, -0.25) is 0 Å². The zero-order valence-corrected chi connectivity index (χ0v) is 5.74. The van der Waals surface area contributed by atoms with Crippen molar-refractivity contribution >= 4 is 9.24 Å². The van der Waals surface area contributed by atoms with E-state index in [4.69, 9.17) is 11.5 Å². The van der Waals surface area contributed by atoms with Gasteiger partial charge in [0.15, 0.2) is 0 Å². The first-order chi connectivity index (χ1) is 3.55. The Morgan fingerprint density at radius 1 is 1.62 bits per heavy atom. The fourth-order valence-electron chi connectivity index (χ4n) is 0.182. The van der Waals surface area contributed by atoms with E-state index in [2.05, 4.69) is 9.24 Å². The maximum absolute atomic E-state index is 10.3. The van der Waals surface area contributed by atoms with E-state index in [1.807, 2.05) is 0 Å². The number of nitrogens with zero attached hydrogens (tertiary/aromatic N) is 1. The quantitative estimate of drug-likeness (QED) is 0.368. The summed E-state index contributed by atoms with van der Waals surface area (Å²) in [5.74, 6) is 0.0347. The molecule has 5 heteroatoms. The second kappa shape index (κ2) is 2.74. The van der Waals surface area contributed by atoms with E-state index in [1.165, 1.54) is 7.05 Å². The van der Waals surface area contributed by atoms with Crippen molar-refractivity contribution in [2.24, 2.45) is 11.5 Å². The standard InChI is InChI=1S/C3H9N3OP/c1-6(7)3(8)2(4)5/h4-5,8H2,1H3/q-1. The Balaban J connectivity index is 4.00. The highest BCUT2D eigenvalue weighted by Crippen LogP contribution is 2.07. The lowest BCUT2D eigenvalue weighted by atomic mass is 10.8. The molecular formula is C3H9N3OP-. The van der Waals surface area contributed by atoms with Crippen LogP contribution < -0.4 is 11.5 Å². The van der Waals surface area contributed by atoms with Gasteiger partial charge in [0, 0.05) is 0 Å². The molecule has 0 fully saturated rings. The first kappa shape index (κ1) is 7.53. The van der Waals surface area contributed by atoms with Crippen LogP contribution in [-0.2, 0) is 0 Å². The largest absolute Gasteiger partial charge is 0.758 e. The second-order valence-electron chi connectivity index (χ2n) is 1.34. The Hall–Kier alpha value is -0.470. The Kier molecular flexibility index (Phi) is 2.58. The molecule has 0 aromatic heterocycles. The molecule has 4 nitrogen and oxygen atoms in total. The Bertz CT molecular complexity index is 107. The SMILES string of the molecule is CN([O-])C(P)=C(N)N. The second-order valence-corrected chi connectivity index (χ2v) is 1.88. The third kappa shape index (κ3) is 2.00. The van der Waals surface area contributed by atoms with E-state index in [1.54, 1.807) is 0 Å². The summed E-state index contributed by atoms with van der Waals surface area (Å²) in [4.78, 5) is 0. The van der Waals surface area contributed by atoms with Crippen LogP contribution >= 0.6 is 9.24 Å². The van der Waals surface area contributed by atoms with Crippen LogP contribution in [0.5, 0.6) is 0 Å². The molecule has 0 radical (unpaired) electrons. The average molecular weight is 134 g/mol. The van der Waals surface area contributed by atoms with Gasteiger partial charge in [-0.05, 0) is 7.05 Å². The third-order valence-corrected chi connectivity index (χ3v) is 1.33. The van der Waals surface area contributed by atoms with Gasteiger partial charge >= 0.3 is 0 Å². The van der Waals surface area contributed by atoms with E-state index < -0.39 is 0 Å². The van der Waals surface area contributed by atoms with Gasteiger partial charge in [-0.1, -0.05) is 9.24 Å². The Morgan fingerprint density at radius 3 is 2.00 bits per heavy atom. The van der Waals surface area contributed by atoms with Gasteiger partial charge in [0.2, 0.25) is 0 Å². The van der Waals surface area contributed by atoms with Crippen LogP contribution in [-0.4, -0.2) is 12.1 Å². The molecule has 0 aliphatic carbocycles. The zero-order valence-electron chi connectivity index (χ0n) is 4.59. The van der Waals surface area contributed by atoms with Gasteiger partial charge in [0.25, 0.3) is 0 Å². The molecule has 0 bridgehead atoms. The predicted molar refractivity (Wildman–Crippen MR) is 36.2 cm³/mol. The van der Waals surface area contributed by atoms with Crippen molar-refractivity contribution < 1.29 is 0 Å². The number of hydrogen-bond donors (Lipinski definition) is 2. The van der Waals surface area contributed by atoms with Gasteiger partial charge in [-0.15, -0.1) is 0 Å². The van der Waals surface area contributed by atoms with Crippen molar-refractivity contribution in [1.82, 2.24) is 5.06 Å². The van der Waals surface area contributed by atoms with Crippen molar-refractivity contribution in [1.29, 1.82) is 0 Å². The molecule has 1 atom stereocenters. The van der Waals surface area contributed by atoms with Crippen molar-refractivity contribution in [3.05, 3.63) is 16.5 Å². The molecule has 0 heterocycles. The van der Waals surface area contributed by atoms with Crippen molar-refractivity contribution in [3.8, 4) is 0 Å². The van der Waals surface area contributed by atoms with Gasteiger partial charge < -0.3 is 21.7 Å². The molecule has 0 aromatic carbocycles. The fraction of sp³-hybridized carbons (Fsp3) is 0.333. The minimum Gasteiger partial charge on any atom is -0.758 e. The first-order valence-electron chi connectivity index (χ1n) is 1.97. The molecular weight excluding hydrogens is 125 g/mol. The molecule has 8 heavy (non-hydrogen) atoms. The Morgan fingerprint density at radius 2 is 2.00 bits per heavy atom. The molecule has 0 saturated heterocycles. The molecule has 0 rings (SSSR count). The summed E-state index contributed by atoms with van der Waals surface area (Å²) < 4.78 is 0. The molecule has 0 amide bonds. The van der Waals surface area contributed by atoms with Crippen LogP contribution in [0.25, 0.3) is 0 Å². The molecule has 0 saturated carbocycles. The van der Waals surface area contributed by atoms with Crippen LogP contribution in [0.4, 0.5) is 0 Å². The van der Waals surface area contributed by atoms with Gasteiger partial charge in [0.05, 0.1) is 5.44 Å². The number of rotatable bonds is 1. The van der Waals surface area contributed by atoms with E-state index in [0.717, 1.165) is 0 Å². The summed E-state index contributed by atoms with van der Waals surface area (Å²) in [6.07, 6.45) is 0. The summed E-state index contributed by atoms with van der Waals surface area (Å²) in [6, 6.07) is 0. The third-order valence-electron chi connectivity index (χ3n) is 0.635. The summed E-state index contributed by atoms with van der Waals surface area (Å²) in [7, 11) is 3.45. The molecule has 48 valence electrons. The lowest BCUT2D eigenvalue weighted by Gasteiger charge is -2.25. The maximum atomic E-state index is 10.3. The van der Waals surface area contributed by atoms with Crippen LogP contribution in [0.2, 0.25) is 0 Å². The van der Waals surface area contributed by atoms with E-state index in [9.17, 15) is 5.21 Å². The average Bonchev–Trinajstić information content (AvgIpc) is 1.64. The van der Waals surface area contributed by atoms with Gasteiger partial charge in [-0.2, -0.15) is 0 Å². The molecule has 0 spiro atoms. The molecule has 0 aliphatic rings. The summed E-state index contributed by atoms with van der Waals surface area (Å²) in [5, 5.41) is 10.8. The van der Waals surface area contributed by atoms with E-state index in [0.29, 0.717) is 5.06 Å². The lowest BCUT2D eigenvalue weighted by molar-refractivity contribution is 0.605. The summed E-state index contributed by atoms with van der Waals surface area (Å²) in [6.45, 7) is 0. The summed E-state index contributed by atoms with van der Waals surface area (Å²) >= 11 is 0. The lowest BCUT2D eigenvalue weighted by Crippen LogP contribution is -2.17. The molecule has 0 aliphatic heterocycles. The van der Waals surface area contributed by atoms with Crippen molar-refractivity contribution in [3.63, 3.8) is 0 Å². The minimum atomic E-state index is 0.0347. The number of hydroxylamine groups is 2. The normalized spacial score (nSPS) is 8.38. The monoisotopic (exact) mass is 134 g/mol. The topological polar surface area (TPSA) is 78.3 Å². The van der Waals surface area contributed by atoms with Crippen LogP contribution in [0.1, 0.15) is 0 Å². The highest BCUT2D eigenvalue weighted by Gasteiger charge is 1.87. The minimum absolute atomic E-state index is 0.0347. The van der Waals surface area contributed by atoms with Gasteiger partial charge in [0.1, 0.15) is 5.82 Å². The fourth-order valence-corrected chi connectivity index (χ4v) is 0.182. The van der Waals surface area contributed by atoms with E-state index in [-0.39, 0.29) is 11.3 Å². The molecule has 1 unspecified atom stereocenters.